The Hall–Kier alpha value is -0.610. The van der Waals surface area contributed by atoms with E-state index in [2.05, 4.69) is 6.92 Å². The number of rotatable bonds is 4. The van der Waals surface area contributed by atoms with Crippen LogP contribution in [0.3, 0.4) is 0 Å². The van der Waals surface area contributed by atoms with Crippen LogP contribution >= 0.6 is 0 Å². The zero-order chi connectivity index (χ0) is 11.5. The molecule has 1 rings (SSSR count). The van der Waals surface area contributed by atoms with E-state index in [0.717, 1.165) is 25.9 Å². The summed E-state index contributed by atoms with van der Waals surface area (Å²) in [6, 6.07) is 0. The van der Waals surface area contributed by atoms with Crippen molar-refractivity contribution >= 4 is 5.91 Å². The summed E-state index contributed by atoms with van der Waals surface area (Å²) in [6.07, 6.45) is 1.44. The summed E-state index contributed by atoms with van der Waals surface area (Å²) >= 11 is 0. The molecule has 0 aromatic heterocycles. The summed E-state index contributed by atoms with van der Waals surface area (Å²) in [6.45, 7) is 6.31. The number of hydrogen-bond acceptors (Lipinski definition) is 3. The van der Waals surface area contributed by atoms with Gasteiger partial charge >= 0.3 is 0 Å². The van der Waals surface area contributed by atoms with Crippen LogP contribution in [0, 0.1) is 5.41 Å². The van der Waals surface area contributed by atoms with Gasteiger partial charge in [0.1, 0.15) is 6.10 Å². The average molecular weight is 214 g/mol. The Balaban J connectivity index is 2.57. The molecule has 0 saturated carbocycles. The van der Waals surface area contributed by atoms with Crippen molar-refractivity contribution in [2.45, 2.75) is 32.8 Å². The molecule has 1 amide bonds. The molecule has 1 aliphatic heterocycles. The van der Waals surface area contributed by atoms with Crippen LogP contribution < -0.4 is 5.73 Å². The molecule has 1 fully saturated rings. The lowest BCUT2D eigenvalue weighted by Gasteiger charge is -2.25. The Bertz CT molecular complexity index is 229. The van der Waals surface area contributed by atoms with Crippen molar-refractivity contribution < 1.29 is 9.53 Å². The van der Waals surface area contributed by atoms with E-state index in [1.807, 2.05) is 11.8 Å². The van der Waals surface area contributed by atoms with E-state index in [-0.39, 0.29) is 17.4 Å². The third-order valence-corrected chi connectivity index (χ3v) is 3.29. The summed E-state index contributed by atoms with van der Waals surface area (Å²) < 4.78 is 5.15. The fourth-order valence-corrected chi connectivity index (χ4v) is 2.02. The molecule has 0 aromatic rings. The second-order valence-corrected chi connectivity index (χ2v) is 4.66. The number of amides is 1. The first-order valence-corrected chi connectivity index (χ1v) is 5.58. The number of nitrogens with zero attached hydrogens (tertiary/aromatic N) is 1. The fourth-order valence-electron chi connectivity index (χ4n) is 2.02. The van der Waals surface area contributed by atoms with Gasteiger partial charge in [-0.2, -0.15) is 0 Å². The normalized spacial score (nSPS) is 28.1. The van der Waals surface area contributed by atoms with Crippen molar-refractivity contribution in [1.29, 1.82) is 0 Å². The Kier molecular flexibility index (Phi) is 4.11. The maximum absolute atomic E-state index is 12.0. The standard InChI is InChI=1S/C11H22N2O2/c1-4-9(15-3)10(14)13-6-5-11(2,7-12)8-13/h9H,4-8,12H2,1-3H3. The summed E-state index contributed by atoms with van der Waals surface area (Å²) in [4.78, 5) is 13.9. The van der Waals surface area contributed by atoms with Gasteiger partial charge in [-0.1, -0.05) is 13.8 Å². The van der Waals surface area contributed by atoms with Crippen molar-refractivity contribution in [3.63, 3.8) is 0 Å². The van der Waals surface area contributed by atoms with E-state index < -0.39 is 0 Å². The van der Waals surface area contributed by atoms with Gasteiger partial charge < -0.3 is 15.4 Å². The molecule has 2 N–H and O–H groups in total. The molecule has 2 unspecified atom stereocenters. The Morgan fingerprint density at radius 1 is 1.67 bits per heavy atom. The van der Waals surface area contributed by atoms with E-state index >= 15 is 0 Å². The van der Waals surface area contributed by atoms with Crippen LogP contribution in [0.5, 0.6) is 0 Å². The Labute approximate surface area is 91.8 Å². The third-order valence-electron chi connectivity index (χ3n) is 3.29. The molecule has 0 aromatic carbocycles. The van der Waals surface area contributed by atoms with E-state index in [1.165, 1.54) is 0 Å². The molecule has 0 bridgehead atoms. The van der Waals surface area contributed by atoms with Gasteiger partial charge in [-0.15, -0.1) is 0 Å². The number of nitrogens with two attached hydrogens (primary N) is 1. The molecule has 1 aliphatic rings. The van der Waals surface area contributed by atoms with Crippen LogP contribution in [-0.2, 0) is 9.53 Å². The molecule has 15 heavy (non-hydrogen) atoms. The first kappa shape index (κ1) is 12.5. The molecule has 0 aliphatic carbocycles. The number of ether oxygens (including phenoxy) is 1. The van der Waals surface area contributed by atoms with Crippen LogP contribution in [0.1, 0.15) is 26.7 Å². The number of methoxy groups -OCH3 is 1. The first-order valence-electron chi connectivity index (χ1n) is 5.58. The maximum Gasteiger partial charge on any atom is 0.251 e. The van der Waals surface area contributed by atoms with Crippen LogP contribution in [0.2, 0.25) is 0 Å². The van der Waals surface area contributed by atoms with Crippen molar-refractivity contribution in [3.05, 3.63) is 0 Å². The quantitative estimate of drug-likeness (QED) is 0.746. The first-order chi connectivity index (χ1) is 7.06. The highest BCUT2D eigenvalue weighted by atomic mass is 16.5. The van der Waals surface area contributed by atoms with Crippen LogP contribution in [0.25, 0.3) is 0 Å². The molecule has 1 heterocycles. The van der Waals surface area contributed by atoms with Crippen LogP contribution in [0.4, 0.5) is 0 Å². The Morgan fingerprint density at radius 3 is 2.73 bits per heavy atom. The molecular formula is C11H22N2O2. The van der Waals surface area contributed by atoms with Crippen molar-refractivity contribution in [1.82, 2.24) is 4.90 Å². The summed E-state index contributed by atoms with van der Waals surface area (Å²) in [5, 5.41) is 0. The van der Waals surface area contributed by atoms with Crippen molar-refractivity contribution in [2.75, 3.05) is 26.7 Å². The topological polar surface area (TPSA) is 55.6 Å². The lowest BCUT2D eigenvalue weighted by molar-refractivity contribution is -0.141. The minimum absolute atomic E-state index is 0.0989. The molecule has 0 radical (unpaired) electrons. The van der Waals surface area contributed by atoms with Gasteiger partial charge in [0.2, 0.25) is 0 Å². The number of carbonyl (C=O) groups excluding carboxylic acids is 1. The van der Waals surface area contributed by atoms with Gasteiger partial charge in [0, 0.05) is 20.2 Å². The number of carbonyl (C=O) groups is 1. The van der Waals surface area contributed by atoms with Crippen molar-refractivity contribution in [2.24, 2.45) is 11.1 Å². The van der Waals surface area contributed by atoms with Gasteiger partial charge in [0.15, 0.2) is 0 Å². The lowest BCUT2D eigenvalue weighted by atomic mass is 9.90. The minimum Gasteiger partial charge on any atom is -0.372 e. The second kappa shape index (κ2) is 4.94. The summed E-state index contributed by atoms with van der Waals surface area (Å²) in [5.41, 5.74) is 5.80. The lowest BCUT2D eigenvalue weighted by Crippen LogP contribution is -2.40. The Morgan fingerprint density at radius 2 is 2.33 bits per heavy atom. The largest absolute Gasteiger partial charge is 0.372 e. The number of hydrogen-bond donors (Lipinski definition) is 1. The summed E-state index contributed by atoms with van der Waals surface area (Å²) in [5.74, 6) is 0.108. The van der Waals surface area contributed by atoms with E-state index in [4.69, 9.17) is 10.5 Å². The molecule has 4 nitrogen and oxygen atoms in total. The third kappa shape index (κ3) is 2.69. The minimum atomic E-state index is -0.287. The highest BCUT2D eigenvalue weighted by Gasteiger charge is 2.36. The van der Waals surface area contributed by atoms with Gasteiger partial charge in [0.25, 0.3) is 5.91 Å². The molecule has 1 saturated heterocycles. The maximum atomic E-state index is 12.0. The monoisotopic (exact) mass is 214 g/mol. The zero-order valence-corrected chi connectivity index (χ0v) is 9.95. The van der Waals surface area contributed by atoms with Gasteiger partial charge in [-0.25, -0.2) is 0 Å². The smallest absolute Gasteiger partial charge is 0.251 e. The van der Waals surface area contributed by atoms with E-state index in [0.29, 0.717) is 6.54 Å². The molecule has 0 spiro atoms. The molecule has 4 heteroatoms. The van der Waals surface area contributed by atoms with E-state index in [9.17, 15) is 4.79 Å². The van der Waals surface area contributed by atoms with Crippen LogP contribution in [-0.4, -0.2) is 43.7 Å². The molecule has 88 valence electrons. The van der Waals surface area contributed by atoms with E-state index in [1.54, 1.807) is 7.11 Å². The van der Waals surface area contributed by atoms with Gasteiger partial charge in [-0.05, 0) is 24.8 Å². The predicted molar refractivity (Wildman–Crippen MR) is 59.4 cm³/mol. The predicted octanol–water partition coefficient (Wildman–Crippen LogP) is 0.609. The second-order valence-electron chi connectivity index (χ2n) is 4.66. The van der Waals surface area contributed by atoms with Crippen molar-refractivity contribution in [3.8, 4) is 0 Å². The fraction of sp³-hybridized carbons (Fsp3) is 0.909. The average Bonchev–Trinajstić information content (AvgIpc) is 2.63. The summed E-state index contributed by atoms with van der Waals surface area (Å²) in [7, 11) is 1.59. The SMILES string of the molecule is CCC(OC)C(=O)N1CCC(C)(CN)C1. The van der Waals surface area contributed by atoms with Crippen LogP contribution in [0.15, 0.2) is 0 Å². The van der Waals surface area contributed by atoms with Gasteiger partial charge in [0.05, 0.1) is 0 Å². The number of likely N-dealkylation sites (tertiary alicyclic amines) is 1. The van der Waals surface area contributed by atoms with Gasteiger partial charge in [-0.3, -0.25) is 4.79 Å². The molecular weight excluding hydrogens is 192 g/mol. The highest BCUT2D eigenvalue weighted by Crippen LogP contribution is 2.29. The zero-order valence-electron chi connectivity index (χ0n) is 9.95. The highest BCUT2D eigenvalue weighted by molar-refractivity contribution is 5.81. The molecule has 2 atom stereocenters.